The number of nitrogens with zero attached hydrogens (tertiary/aromatic N) is 6. The molecular formula is C24H6BClF6N6. The molecule has 0 radical (unpaired) electrons. The average molecular weight is 539 g/mol. The predicted octanol–water partition coefficient (Wildman–Crippen LogP) is 4.79. The lowest BCUT2D eigenvalue weighted by atomic mass is 10.1. The number of amidine groups is 2. The van der Waals surface area contributed by atoms with Gasteiger partial charge in [0.2, 0.25) is 0 Å². The van der Waals surface area contributed by atoms with E-state index in [0.717, 1.165) is 36.4 Å². The van der Waals surface area contributed by atoms with Crippen LogP contribution in [0, 0.1) is 34.9 Å². The molecule has 8 rings (SSSR count). The molecule has 3 aromatic carbocycles. The Hall–Kier alpha value is -4.39. The van der Waals surface area contributed by atoms with Crippen molar-refractivity contribution in [3.8, 4) is 0 Å². The third-order valence-electron chi connectivity index (χ3n) is 6.81. The van der Waals surface area contributed by atoms with E-state index in [9.17, 15) is 26.3 Å². The minimum Gasteiger partial charge on any atom is -0.319 e. The van der Waals surface area contributed by atoms with Crippen LogP contribution in [0.3, 0.4) is 0 Å². The highest BCUT2D eigenvalue weighted by atomic mass is 35.5. The second-order valence-electron chi connectivity index (χ2n) is 8.88. The fourth-order valence-electron chi connectivity index (χ4n) is 5.14. The second-order valence-corrected chi connectivity index (χ2v) is 9.27. The summed E-state index contributed by atoms with van der Waals surface area (Å²) in [4.78, 5) is 17.9. The Morgan fingerprint density at radius 3 is 1.47 bits per heavy atom. The van der Waals surface area contributed by atoms with Crippen molar-refractivity contribution in [1.82, 2.24) is 8.96 Å². The Bertz CT molecular complexity index is 2180. The molecule has 4 bridgehead atoms. The summed E-state index contributed by atoms with van der Waals surface area (Å²) in [5, 5.41) is 0.477. The molecular weight excluding hydrogens is 533 g/mol. The van der Waals surface area contributed by atoms with Gasteiger partial charge in [-0.2, -0.15) is 0 Å². The number of rotatable bonds is 0. The van der Waals surface area contributed by atoms with E-state index in [1.807, 2.05) is 0 Å². The van der Waals surface area contributed by atoms with Crippen molar-refractivity contribution in [2.45, 2.75) is 0 Å². The summed E-state index contributed by atoms with van der Waals surface area (Å²) in [6.45, 7) is 0. The maximum atomic E-state index is 14.4. The highest BCUT2D eigenvalue weighted by Crippen LogP contribution is 2.42. The molecule has 0 atom stereocenters. The minimum absolute atomic E-state index is 0.00181. The zero-order chi connectivity index (χ0) is 26.2. The first-order chi connectivity index (χ1) is 18.2. The summed E-state index contributed by atoms with van der Waals surface area (Å²) in [6.07, 6.45) is -1.22. The van der Waals surface area contributed by atoms with Crippen LogP contribution in [0.15, 0.2) is 56.4 Å². The molecule has 0 saturated heterocycles. The molecule has 3 aliphatic rings. The van der Waals surface area contributed by atoms with Crippen LogP contribution >= 0.6 is 11.5 Å². The maximum absolute atomic E-state index is 14.4. The number of fused-ring (bicyclic) bond motifs is 10. The lowest BCUT2D eigenvalue weighted by Crippen LogP contribution is -2.44. The highest BCUT2D eigenvalue weighted by molar-refractivity contribution is 7.05. The fraction of sp³-hybridized carbons (Fsp3) is 0. The summed E-state index contributed by atoms with van der Waals surface area (Å²) in [5.41, 5.74) is 0.227. The standard InChI is InChI=1S/C24H6BClF6N6/c26-25-37-21-9-3-15(29)17(31)5-11(9)23(37)36-24-12-6-18(32)16(30)4-10(12)22(38(24)25)35-20-8-2-14(28)13(27)1-7(8)19(33-20)34-21/h1-6H/b34-19-,34-21?,35-20?,35-22-. The van der Waals surface area contributed by atoms with Crippen LogP contribution in [0.5, 0.6) is 0 Å². The SMILES string of the molecule is Fc1cc2c(cc1F)/C1=N/c3c4cc(F)c(F)cc4c4n3B(Cl)n3c(c5cc(F)c(F)cc5/c3=N/C2=N1)=N4. The highest BCUT2D eigenvalue weighted by Gasteiger charge is 2.36. The van der Waals surface area contributed by atoms with Gasteiger partial charge >= 0.3 is 6.40 Å². The van der Waals surface area contributed by atoms with Crippen molar-refractivity contribution >= 4 is 62.7 Å². The molecule has 6 nitrogen and oxygen atoms in total. The molecule has 0 amide bonds. The van der Waals surface area contributed by atoms with Gasteiger partial charge in [-0.15, -0.1) is 11.5 Å². The quantitative estimate of drug-likeness (QED) is 0.201. The van der Waals surface area contributed by atoms with Crippen molar-refractivity contribution in [2.24, 2.45) is 20.0 Å². The molecule has 14 heteroatoms. The van der Waals surface area contributed by atoms with Gasteiger partial charge in [-0.25, -0.2) is 46.3 Å². The van der Waals surface area contributed by atoms with Gasteiger partial charge in [0.15, 0.2) is 46.6 Å². The van der Waals surface area contributed by atoms with Crippen LogP contribution in [-0.2, 0) is 0 Å². The number of aliphatic imine (C=N–C) groups is 2. The van der Waals surface area contributed by atoms with E-state index in [0.29, 0.717) is 0 Å². The number of hydrogen-bond donors (Lipinski definition) is 0. The van der Waals surface area contributed by atoms with Crippen molar-refractivity contribution < 1.29 is 26.3 Å². The number of aromatic nitrogens is 2. The van der Waals surface area contributed by atoms with Crippen molar-refractivity contribution in [1.29, 1.82) is 0 Å². The first-order valence-electron chi connectivity index (χ1n) is 11.0. The number of benzene rings is 3. The smallest absolute Gasteiger partial charge is 0.319 e. The van der Waals surface area contributed by atoms with Crippen molar-refractivity contribution in [3.05, 3.63) is 93.4 Å². The first kappa shape index (κ1) is 21.7. The van der Waals surface area contributed by atoms with E-state index < -0.39 is 41.3 Å². The van der Waals surface area contributed by atoms with Crippen LogP contribution in [-0.4, -0.2) is 27.0 Å². The summed E-state index contributed by atoms with van der Waals surface area (Å²) >= 11 is 6.91. The summed E-state index contributed by atoms with van der Waals surface area (Å²) < 4.78 is 88.8. The molecule has 38 heavy (non-hydrogen) atoms. The Balaban J connectivity index is 1.66. The Labute approximate surface area is 211 Å². The third kappa shape index (κ3) is 2.56. The van der Waals surface area contributed by atoms with E-state index in [1.165, 1.54) is 8.96 Å². The first-order valence-corrected chi connectivity index (χ1v) is 11.5. The Kier molecular flexibility index (Phi) is 3.95. The van der Waals surface area contributed by atoms with Crippen molar-refractivity contribution in [2.75, 3.05) is 0 Å². The maximum Gasteiger partial charge on any atom is 0.499 e. The number of hydrogen-bond acceptors (Lipinski definition) is 4. The molecule has 2 aromatic heterocycles. The Morgan fingerprint density at radius 2 is 0.921 bits per heavy atom. The van der Waals surface area contributed by atoms with Gasteiger partial charge < -0.3 is 8.96 Å². The molecule has 0 fully saturated rings. The van der Waals surface area contributed by atoms with Gasteiger partial charge in [0, 0.05) is 32.7 Å². The molecule has 5 heterocycles. The molecule has 3 aliphatic heterocycles. The predicted molar refractivity (Wildman–Crippen MR) is 127 cm³/mol. The van der Waals surface area contributed by atoms with E-state index in [1.54, 1.807) is 0 Å². The zero-order valence-electron chi connectivity index (χ0n) is 18.4. The molecule has 184 valence electrons. The van der Waals surface area contributed by atoms with E-state index >= 15 is 0 Å². The summed E-state index contributed by atoms with van der Waals surface area (Å²) in [6, 6.07) is 5.46. The van der Waals surface area contributed by atoms with Gasteiger partial charge in [0.25, 0.3) is 0 Å². The molecule has 5 aromatic rings. The van der Waals surface area contributed by atoms with Crippen LogP contribution in [0.2, 0.25) is 0 Å². The molecule has 0 spiro atoms. The third-order valence-corrected chi connectivity index (χ3v) is 7.20. The van der Waals surface area contributed by atoms with Crippen LogP contribution < -0.4 is 11.0 Å². The number of halogens is 7. The van der Waals surface area contributed by atoms with Crippen molar-refractivity contribution in [3.63, 3.8) is 0 Å². The van der Waals surface area contributed by atoms with Gasteiger partial charge in [-0.3, -0.25) is 0 Å². The zero-order valence-corrected chi connectivity index (χ0v) is 19.1. The average Bonchev–Trinajstić information content (AvgIpc) is 3.45. The molecule has 0 aliphatic carbocycles. The largest absolute Gasteiger partial charge is 0.499 e. The van der Waals surface area contributed by atoms with Crippen LogP contribution in [0.1, 0.15) is 11.1 Å². The van der Waals surface area contributed by atoms with Gasteiger partial charge in [-0.05, 0) is 36.4 Å². The normalized spacial score (nSPS) is 17.1. The minimum atomic E-state index is -1.22. The monoisotopic (exact) mass is 538 g/mol. The van der Waals surface area contributed by atoms with Gasteiger partial charge in [-0.1, -0.05) is 0 Å². The Morgan fingerprint density at radius 1 is 0.500 bits per heavy atom. The topological polar surface area (TPSA) is 59.3 Å². The summed E-state index contributed by atoms with van der Waals surface area (Å²) in [7, 11) is 0. The molecule has 0 N–H and O–H groups in total. The lowest BCUT2D eigenvalue weighted by molar-refractivity contribution is 0.508. The van der Waals surface area contributed by atoms with Gasteiger partial charge in [0.1, 0.15) is 22.6 Å². The fourth-order valence-corrected chi connectivity index (χ4v) is 5.51. The molecule has 0 unspecified atom stereocenters. The second kappa shape index (κ2) is 6.92. The van der Waals surface area contributed by atoms with E-state index in [-0.39, 0.29) is 67.0 Å². The van der Waals surface area contributed by atoms with Crippen LogP contribution in [0.4, 0.5) is 38.0 Å². The van der Waals surface area contributed by atoms with E-state index in [2.05, 4.69) is 20.0 Å². The molecule has 0 saturated carbocycles. The summed E-state index contributed by atoms with van der Waals surface area (Å²) in [5.74, 6) is -7.10. The lowest BCUT2D eigenvalue weighted by Gasteiger charge is -2.18. The van der Waals surface area contributed by atoms with Crippen LogP contribution in [0.25, 0.3) is 21.5 Å². The van der Waals surface area contributed by atoms with E-state index in [4.69, 9.17) is 11.5 Å². The van der Waals surface area contributed by atoms with Gasteiger partial charge in [0.05, 0.1) is 0 Å².